The first-order valence-electron chi connectivity index (χ1n) is 6.67. The Bertz CT molecular complexity index is 408. The predicted molar refractivity (Wildman–Crippen MR) is 75.0 cm³/mol. The van der Waals surface area contributed by atoms with Crippen LogP contribution in [0.25, 0.3) is 0 Å². The molecule has 0 spiro atoms. The van der Waals surface area contributed by atoms with Gasteiger partial charge in [0, 0.05) is 13.1 Å². The second kappa shape index (κ2) is 5.46. The molecule has 18 heavy (non-hydrogen) atoms. The maximum atomic E-state index is 5.80. The molecule has 2 N–H and O–H groups in total. The fraction of sp³-hybridized carbons (Fsp3) is 0.643. The Morgan fingerprint density at radius 2 is 2.06 bits per heavy atom. The van der Waals surface area contributed by atoms with Crippen LogP contribution in [0, 0.1) is 5.92 Å². The first-order valence-corrected chi connectivity index (χ1v) is 6.67. The smallest absolute Gasteiger partial charge is 0.238 e. The van der Waals surface area contributed by atoms with Crippen molar-refractivity contribution in [2.45, 2.75) is 38.6 Å². The number of anilines is 2. The summed E-state index contributed by atoms with van der Waals surface area (Å²) in [5.41, 5.74) is 6.39. The number of pyridine rings is 1. The van der Waals surface area contributed by atoms with Crippen LogP contribution >= 0.6 is 0 Å². The fourth-order valence-corrected chi connectivity index (χ4v) is 2.84. The van der Waals surface area contributed by atoms with E-state index in [1.807, 2.05) is 12.1 Å². The molecule has 0 radical (unpaired) electrons. The molecule has 1 saturated carbocycles. The molecule has 100 valence electrons. The first-order chi connectivity index (χ1) is 8.63. The molecule has 2 unspecified atom stereocenters. The Balaban J connectivity index is 2.19. The number of nitrogens with two attached hydrogens (primary N) is 1. The average molecular weight is 249 g/mol. The lowest BCUT2D eigenvalue weighted by molar-refractivity contribution is 0.320. The maximum Gasteiger partial charge on any atom is 0.238 e. The molecule has 0 aliphatic heterocycles. The number of hydrogen-bond acceptors (Lipinski definition) is 4. The van der Waals surface area contributed by atoms with E-state index >= 15 is 0 Å². The predicted octanol–water partition coefficient (Wildman–Crippen LogP) is 2.69. The molecule has 1 aromatic heterocycles. The topological polar surface area (TPSA) is 51.4 Å². The van der Waals surface area contributed by atoms with Crippen molar-refractivity contribution in [1.82, 2.24) is 4.98 Å². The van der Waals surface area contributed by atoms with Gasteiger partial charge in [-0.25, -0.2) is 0 Å². The van der Waals surface area contributed by atoms with E-state index in [0.717, 1.165) is 5.82 Å². The van der Waals surface area contributed by atoms with Crippen LogP contribution < -0.4 is 15.4 Å². The standard InChI is InChI=1S/C14H23N3O/c1-10-6-4-5-7-12(10)17(2)13-9-8-11(15)14(16-13)18-3/h8-10,12H,4-7,15H2,1-3H3. The SMILES string of the molecule is COc1nc(N(C)C2CCCCC2C)ccc1N. The van der Waals surface area contributed by atoms with Crippen LogP contribution in [0.1, 0.15) is 32.6 Å². The van der Waals surface area contributed by atoms with Gasteiger partial charge in [0.25, 0.3) is 0 Å². The molecule has 2 rings (SSSR count). The Hall–Kier alpha value is -1.45. The third-order valence-electron chi connectivity index (χ3n) is 3.99. The lowest BCUT2D eigenvalue weighted by atomic mass is 9.85. The Morgan fingerprint density at radius 1 is 1.33 bits per heavy atom. The van der Waals surface area contributed by atoms with Crippen molar-refractivity contribution in [2.24, 2.45) is 5.92 Å². The van der Waals surface area contributed by atoms with E-state index in [1.54, 1.807) is 7.11 Å². The molecular formula is C14H23N3O. The highest BCUT2D eigenvalue weighted by molar-refractivity contribution is 5.54. The van der Waals surface area contributed by atoms with Gasteiger partial charge in [0.15, 0.2) is 0 Å². The van der Waals surface area contributed by atoms with Gasteiger partial charge < -0.3 is 15.4 Å². The molecule has 1 aliphatic rings. The van der Waals surface area contributed by atoms with Crippen molar-refractivity contribution in [3.63, 3.8) is 0 Å². The van der Waals surface area contributed by atoms with E-state index in [0.29, 0.717) is 23.5 Å². The van der Waals surface area contributed by atoms with Crippen molar-refractivity contribution >= 4 is 11.5 Å². The van der Waals surface area contributed by atoms with Crippen LogP contribution in [-0.4, -0.2) is 25.2 Å². The van der Waals surface area contributed by atoms with Crippen molar-refractivity contribution in [3.8, 4) is 5.88 Å². The minimum atomic E-state index is 0.516. The Labute approximate surface area is 109 Å². The quantitative estimate of drug-likeness (QED) is 0.895. The van der Waals surface area contributed by atoms with E-state index in [1.165, 1.54) is 25.7 Å². The van der Waals surface area contributed by atoms with E-state index in [4.69, 9.17) is 10.5 Å². The van der Waals surface area contributed by atoms with Crippen LogP contribution in [0.2, 0.25) is 0 Å². The van der Waals surface area contributed by atoms with Crippen LogP contribution in [0.5, 0.6) is 5.88 Å². The molecule has 1 aromatic rings. The van der Waals surface area contributed by atoms with Gasteiger partial charge in [0.05, 0.1) is 12.8 Å². The Morgan fingerprint density at radius 3 is 2.72 bits per heavy atom. The highest BCUT2D eigenvalue weighted by Crippen LogP contribution is 2.31. The van der Waals surface area contributed by atoms with Crippen molar-refractivity contribution in [3.05, 3.63) is 12.1 Å². The van der Waals surface area contributed by atoms with E-state index in [2.05, 4.69) is 23.9 Å². The van der Waals surface area contributed by atoms with Gasteiger partial charge in [-0.05, 0) is 30.9 Å². The second-order valence-electron chi connectivity index (χ2n) is 5.21. The van der Waals surface area contributed by atoms with E-state index < -0.39 is 0 Å². The zero-order valence-electron chi connectivity index (χ0n) is 11.5. The number of nitrogens with zero attached hydrogens (tertiary/aromatic N) is 2. The molecule has 0 bridgehead atoms. The lowest BCUT2D eigenvalue weighted by Crippen LogP contribution is -2.39. The number of aromatic nitrogens is 1. The number of ether oxygens (including phenoxy) is 1. The normalized spacial score (nSPS) is 23.7. The zero-order valence-corrected chi connectivity index (χ0v) is 11.5. The molecule has 0 amide bonds. The summed E-state index contributed by atoms with van der Waals surface area (Å²) in [7, 11) is 3.72. The molecule has 4 nitrogen and oxygen atoms in total. The summed E-state index contributed by atoms with van der Waals surface area (Å²) >= 11 is 0. The first kappa shape index (κ1) is 13.0. The second-order valence-corrected chi connectivity index (χ2v) is 5.21. The molecule has 0 saturated heterocycles. The maximum absolute atomic E-state index is 5.80. The molecule has 1 heterocycles. The highest BCUT2D eigenvalue weighted by atomic mass is 16.5. The summed E-state index contributed by atoms with van der Waals surface area (Å²) in [6.45, 7) is 2.33. The van der Waals surface area contributed by atoms with Crippen LogP contribution in [0.15, 0.2) is 12.1 Å². The summed E-state index contributed by atoms with van der Waals surface area (Å²) in [5.74, 6) is 2.18. The number of rotatable bonds is 3. The van der Waals surface area contributed by atoms with Gasteiger partial charge in [-0.3, -0.25) is 0 Å². The molecule has 2 atom stereocenters. The highest BCUT2D eigenvalue weighted by Gasteiger charge is 2.26. The summed E-state index contributed by atoms with van der Waals surface area (Å²) in [5, 5.41) is 0. The number of hydrogen-bond donors (Lipinski definition) is 1. The third kappa shape index (κ3) is 2.52. The zero-order chi connectivity index (χ0) is 13.1. The van der Waals surface area contributed by atoms with Crippen LogP contribution in [0.3, 0.4) is 0 Å². The number of methoxy groups -OCH3 is 1. The summed E-state index contributed by atoms with van der Waals surface area (Å²) in [4.78, 5) is 6.75. The van der Waals surface area contributed by atoms with Gasteiger partial charge in [-0.2, -0.15) is 4.98 Å². The average Bonchev–Trinajstić information content (AvgIpc) is 2.39. The van der Waals surface area contributed by atoms with E-state index in [9.17, 15) is 0 Å². The molecule has 4 heteroatoms. The van der Waals surface area contributed by atoms with Gasteiger partial charge in [-0.15, -0.1) is 0 Å². The third-order valence-corrected chi connectivity index (χ3v) is 3.99. The van der Waals surface area contributed by atoms with Gasteiger partial charge in [0.2, 0.25) is 5.88 Å². The van der Waals surface area contributed by atoms with Crippen molar-refractivity contribution in [2.75, 3.05) is 24.8 Å². The van der Waals surface area contributed by atoms with Gasteiger partial charge in [-0.1, -0.05) is 19.8 Å². The summed E-state index contributed by atoms with van der Waals surface area (Å²) in [6.07, 6.45) is 5.21. The van der Waals surface area contributed by atoms with Crippen LogP contribution in [-0.2, 0) is 0 Å². The Kier molecular flexibility index (Phi) is 3.94. The van der Waals surface area contributed by atoms with Crippen molar-refractivity contribution in [1.29, 1.82) is 0 Å². The molecule has 0 aromatic carbocycles. The van der Waals surface area contributed by atoms with Gasteiger partial charge in [0.1, 0.15) is 5.82 Å². The van der Waals surface area contributed by atoms with Crippen molar-refractivity contribution < 1.29 is 4.74 Å². The monoisotopic (exact) mass is 249 g/mol. The van der Waals surface area contributed by atoms with Crippen LogP contribution in [0.4, 0.5) is 11.5 Å². The van der Waals surface area contributed by atoms with Gasteiger partial charge >= 0.3 is 0 Å². The lowest BCUT2D eigenvalue weighted by Gasteiger charge is -2.37. The fourth-order valence-electron chi connectivity index (χ4n) is 2.84. The minimum Gasteiger partial charge on any atom is -0.479 e. The number of nitrogen functional groups attached to an aromatic ring is 1. The summed E-state index contributed by atoms with van der Waals surface area (Å²) in [6, 6.07) is 4.41. The van der Waals surface area contributed by atoms with E-state index in [-0.39, 0.29) is 0 Å². The largest absolute Gasteiger partial charge is 0.479 e. The molecule has 1 aliphatic carbocycles. The minimum absolute atomic E-state index is 0.516. The molecular weight excluding hydrogens is 226 g/mol. The summed E-state index contributed by atoms with van der Waals surface area (Å²) < 4.78 is 5.19. The molecule has 1 fully saturated rings.